The van der Waals surface area contributed by atoms with Gasteiger partial charge in [-0.25, -0.2) is 9.59 Å². The van der Waals surface area contributed by atoms with E-state index >= 15 is 0 Å². The van der Waals surface area contributed by atoms with Gasteiger partial charge in [-0.3, -0.25) is 0 Å². The summed E-state index contributed by atoms with van der Waals surface area (Å²) in [5, 5.41) is 12.2. The van der Waals surface area contributed by atoms with Crippen molar-refractivity contribution in [2.75, 3.05) is 13.1 Å². The normalized spacial score (nSPS) is 22.0. The number of hydrogen-bond donors (Lipinski definition) is 2. The molecule has 0 aromatic rings. The third-order valence-corrected chi connectivity index (χ3v) is 3.74. The molecule has 0 aromatic carbocycles. The molecule has 1 fully saturated rings. The molecule has 1 unspecified atom stereocenters. The molecule has 0 radical (unpaired) electrons. The van der Waals surface area contributed by atoms with Crippen LogP contribution in [-0.2, 0) is 4.79 Å². The zero-order valence-corrected chi connectivity index (χ0v) is 11.4. The Bertz CT molecular complexity index is 375. The Morgan fingerprint density at radius 1 is 1.47 bits per heavy atom. The quantitative estimate of drug-likeness (QED) is 0.569. The fourth-order valence-electron chi connectivity index (χ4n) is 2.56. The van der Waals surface area contributed by atoms with Gasteiger partial charge in [-0.15, -0.1) is 12.3 Å². The summed E-state index contributed by atoms with van der Waals surface area (Å²) in [6.45, 7) is 2.86. The number of carboxylic acid groups (broad SMARTS) is 1. The van der Waals surface area contributed by atoms with Crippen LogP contribution in [0.5, 0.6) is 0 Å². The number of amides is 2. The number of carbonyl (C=O) groups excluding carboxylic acids is 1. The maximum atomic E-state index is 12.1. The van der Waals surface area contributed by atoms with Gasteiger partial charge in [-0.1, -0.05) is 6.92 Å². The van der Waals surface area contributed by atoms with Gasteiger partial charge in [0.25, 0.3) is 0 Å². The lowest BCUT2D eigenvalue weighted by Crippen LogP contribution is -2.55. The van der Waals surface area contributed by atoms with E-state index in [1.54, 1.807) is 0 Å². The number of urea groups is 1. The number of carboxylic acids is 1. The minimum atomic E-state index is -1.02. The molecule has 0 aromatic heterocycles. The highest BCUT2D eigenvalue weighted by Crippen LogP contribution is 2.32. The van der Waals surface area contributed by atoms with Crippen molar-refractivity contribution >= 4 is 12.0 Å². The lowest BCUT2D eigenvalue weighted by atomic mass is 9.93. The van der Waals surface area contributed by atoms with Crippen LogP contribution in [0.1, 0.15) is 45.4 Å². The fourth-order valence-corrected chi connectivity index (χ4v) is 2.56. The first kappa shape index (κ1) is 15.4. The summed E-state index contributed by atoms with van der Waals surface area (Å²) in [5.74, 6) is 1.64. The number of nitrogens with zero attached hydrogens (tertiary/aromatic N) is 1. The van der Waals surface area contributed by atoms with Gasteiger partial charge < -0.3 is 15.3 Å². The molecule has 5 heteroatoms. The van der Waals surface area contributed by atoms with E-state index in [2.05, 4.69) is 11.2 Å². The number of unbranched alkanes of at least 4 members (excludes halogenated alkanes) is 2. The van der Waals surface area contributed by atoms with Crippen LogP contribution < -0.4 is 5.32 Å². The van der Waals surface area contributed by atoms with E-state index in [0.717, 1.165) is 19.3 Å². The minimum absolute atomic E-state index is 0.276. The Balaban J connectivity index is 2.51. The first-order valence-electron chi connectivity index (χ1n) is 6.81. The number of hydrogen-bond acceptors (Lipinski definition) is 2. The Labute approximate surface area is 114 Å². The molecule has 2 N–H and O–H groups in total. The maximum absolute atomic E-state index is 12.1. The molecule has 1 rings (SSSR count). The van der Waals surface area contributed by atoms with E-state index in [0.29, 0.717) is 32.4 Å². The molecule has 1 heterocycles. The van der Waals surface area contributed by atoms with Crippen molar-refractivity contribution < 1.29 is 14.7 Å². The summed E-state index contributed by atoms with van der Waals surface area (Å²) >= 11 is 0. The topological polar surface area (TPSA) is 69.6 Å². The highest BCUT2D eigenvalue weighted by atomic mass is 16.4. The van der Waals surface area contributed by atoms with E-state index in [-0.39, 0.29) is 6.03 Å². The first-order valence-corrected chi connectivity index (χ1v) is 6.81. The number of nitrogens with one attached hydrogen (secondary N) is 1. The molecule has 5 nitrogen and oxygen atoms in total. The van der Waals surface area contributed by atoms with Crippen LogP contribution in [0.3, 0.4) is 0 Å². The van der Waals surface area contributed by atoms with Crippen molar-refractivity contribution in [3.8, 4) is 12.3 Å². The van der Waals surface area contributed by atoms with Gasteiger partial charge in [-0.05, 0) is 32.1 Å². The Kier molecular flexibility index (Phi) is 5.68. The molecule has 0 aliphatic carbocycles. The molecule has 106 valence electrons. The van der Waals surface area contributed by atoms with E-state index in [4.69, 9.17) is 6.42 Å². The largest absolute Gasteiger partial charge is 0.479 e. The van der Waals surface area contributed by atoms with Gasteiger partial charge in [0.1, 0.15) is 5.54 Å². The molecule has 1 aliphatic heterocycles. The van der Waals surface area contributed by atoms with Gasteiger partial charge in [-0.2, -0.15) is 0 Å². The Morgan fingerprint density at radius 2 is 2.21 bits per heavy atom. The van der Waals surface area contributed by atoms with Gasteiger partial charge in [0, 0.05) is 19.5 Å². The average Bonchev–Trinajstić information content (AvgIpc) is 2.83. The predicted octanol–water partition coefficient (Wildman–Crippen LogP) is 1.83. The maximum Gasteiger partial charge on any atom is 0.329 e. The SMILES string of the molecule is C#CCCCCNC(=O)N1CCCC1(CC)C(=O)O. The molecule has 0 saturated carbocycles. The summed E-state index contributed by atoms with van der Waals surface area (Å²) < 4.78 is 0. The smallest absolute Gasteiger partial charge is 0.329 e. The van der Waals surface area contributed by atoms with Gasteiger partial charge in [0.05, 0.1) is 0 Å². The van der Waals surface area contributed by atoms with E-state index in [9.17, 15) is 14.7 Å². The Hall–Kier alpha value is -1.70. The van der Waals surface area contributed by atoms with E-state index in [1.807, 2.05) is 6.92 Å². The van der Waals surface area contributed by atoms with Crippen LogP contribution in [0, 0.1) is 12.3 Å². The summed E-state index contributed by atoms with van der Waals surface area (Å²) in [6.07, 6.45) is 9.24. The monoisotopic (exact) mass is 266 g/mol. The standard InChI is InChI=1S/C14H22N2O3/c1-3-5-6-7-10-15-13(19)16-11-8-9-14(16,4-2)12(17)18/h1H,4-11H2,2H3,(H,15,19)(H,17,18). The number of rotatable bonds is 6. The van der Waals surface area contributed by atoms with Crippen molar-refractivity contribution in [1.82, 2.24) is 10.2 Å². The minimum Gasteiger partial charge on any atom is -0.479 e. The second kappa shape index (κ2) is 7.03. The second-order valence-electron chi connectivity index (χ2n) is 4.84. The zero-order valence-electron chi connectivity index (χ0n) is 11.4. The number of aliphatic carboxylic acids is 1. The second-order valence-corrected chi connectivity index (χ2v) is 4.84. The van der Waals surface area contributed by atoms with Crippen LogP contribution >= 0.6 is 0 Å². The third-order valence-electron chi connectivity index (χ3n) is 3.74. The van der Waals surface area contributed by atoms with Crippen molar-refractivity contribution in [2.45, 2.75) is 51.0 Å². The summed E-state index contributed by atoms with van der Waals surface area (Å²) in [4.78, 5) is 25.0. The lowest BCUT2D eigenvalue weighted by Gasteiger charge is -2.33. The number of terminal acetylenes is 1. The van der Waals surface area contributed by atoms with Crippen LogP contribution in [-0.4, -0.2) is 40.6 Å². The highest BCUT2D eigenvalue weighted by molar-refractivity contribution is 5.87. The van der Waals surface area contributed by atoms with Crippen molar-refractivity contribution in [1.29, 1.82) is 0 Å². The molecular weight excluding hydrogens is 244 g/mol. The third kappa shape index (κ3) is 3.40. The molecule has 1 saturated heterocycles. The van der Waals surface area contributed by atoms with Crippen molar-refractivity contribution in [2.24, 2.45) is 0 Å². The van der Waals surface area contributed by atoms with Gasteiger partial charge >= 0.3 is 12.0 Å². The highest BCUT2D eigenvalue weighted by Gasteiger charge is 2.48. The summed E-state index contributed by atoms with van der Waals surface area (Å²) in [6, 6.07) is -0.276. The molecule has 0 spiro atoms. The molecule has 2 amide bonds. The molecule has 19 heavy (non-hydrogen) atoms. The van der Waals surface area contributed by atoms with Crippen LogP contribution in [0.4, 0.5) is 4.79 Å². The number of likely N-dealkylation sites (tertiary alicyclic amines) is 1. The molecular formula is C14H22N2O3. The Morgan fingerprint density at radius 3 is 2.79 bits per heavy atom. The zero-order chi connectivity index (χ0) is 14.3. The fraction of sp³-hybridized carbons (Fsp3) is 0.714. The van der Waals surface area contributed by atoms with Crippen molar-refractivity contribution in [3.63, 3.8) is 0 Å². The van der Waals surface area contributed by atoms with Crippen molar-refractivity contribution in [3.05, 3.63) is 0 Å². The van der Waals surface area contributed by atoms with Crippen LogP contribution in [0.25, 0.3) is 0 Å². The van der Waals surface area contributed by atoms with Gasteiger partial charge in [0.2, 0.25) is 0 Å². The predicted molar refractivity (Wildman–Crippen MR) is 72.7 cm³/mol. The van der Waals surface area contributed by atoms with E-state index < -0.39 is 11.5 Å². The van der Waals surface area contributed by atoms with Crippen LogP contribution in [0.15, 0.2) is 0 Å². The molecule has 0 bridgehead atoms. The van der Waals surface area contributed by atoms with Crippen LogP contribution in [0.2, 0.25) is 0 Å². The summed E-state index contributed by atoms with van der Waals surface area (Å²) in [5.41, 5.74) is -1.02. The molecule has 1 atom stereocenters. The average molecular weight is 266 g/mol. The van der Waals surface area contributed by atoms with Gasteiger partial charge in [0.15, 0.2) is 0 Å². The number of carbonyl (C=O) groups is 2. The summed E-state index contributed by atoms with van der Waals surface area (Å²) in [7, 11) is 0. The molecule has 1 aliphatic rings. The van der Waals surface area contributed by atoms with E-state index in [1.165, 1.54) is 4.90 Å². The first-order chi connectivity index (χ1) is 9.08. The lowest BCUT2D eigenvalue weighted by molar-refractivity contribution is -0.148.